The standard InChI is InChI=1S/C22H46NO4P/c1-4-7-8-9-10-11-12-13-14-15-16-19-22(24)23-20-17-18-21-28(25,26-5-2)27-6-3/h4-21H2,1-3H3,(H,23,24). The van der Waals surface area contributed by atoms with Gasteiger partial charge < -0.3 is 14.4 Å². The van der Waals surface area contributed by atoms with Gasteiger partial charge in [-0.15, -0.1) is 0 Å². The summed E-state index contributed by atoms with van der Waals surface area (Å²) < 4.78 is 22.8. The average molecular weight is 420 g/mol. The van der Waals surface area contributed by atoms with Crippen LogP contribution in [0.1, 0.15) is 111 Å². The Bertz CT molecular complexity index is 394. The first-order chi connectivity index (χ1) is 13.6. The number of rotatable bonds is 21. The Morgan fingerprint density at radius 2 is 1.21 bits per heavy atom. The fourth-order valence-electron chi connectivity index (χ4n) is 3.26. The molecule has 0 aliphatic rings. The summed E-state index contributed by atoms with van der Waals surface area (Å²) in [5.74, 6) is 0.133. The minimum Gasteiger partial charge on any atom is -0.356 e. The van der Waals surface area contributed by atoms with Crippen LogP contribution in [0.3, 0.4) is 0 Å². The summed E-state index contributed by atoms with van der Waals surface area (Å²) in [5.41, 5.74) is 0. The Morgan fingerprint density at radius 1 is 0.714 bits per heavy atom. The third kappa shape index (κ3) is 17.7. The van der Waals surface area contributed by atoms with Gasteiger partial charge in [0.1, 0.15) is 0 Å². The van der Waals surface area contributed by atoms with Gasteiger partial charge in [0.2, 0.25) is 5.91 Å². The van der Waals surface area contributed by atoms with Crippen LogP contribution in [0.15, 0.2) is 0 Å². The van der Waals surface area contributed by atoms with E-state index in [9.17, 15) is 9.36 Å². The Morgan fingerprint density at radius 3 is 1.71 bits per heavy atom. The summed E-state index contributed by atoms with van der Waals surface area (Å²) >= 11 is 0. The van der Waals surface area contributed by atoms with Crippen LogP contribution in [0.5, 0.6) is 0 Å². The molecule has 0 aromatic rings. The summed E-state index contributed by atoms with van der Waals surface area (Å²) in [6.45, 7) is 7.32. The minimum atomic E-state index is -2.94. The van der Waals surface area contributed by atoms with E-state index < -0.39 is 7.60 Å². The van der Waals surface area contributed by atoms with Crippen LogP contribution in [0.2, 0.25) is 0 Å². The van der Waals surface area contributed by atoms with Crippen LogP contribution < -0.4 is 5.32 Å². The third-order valence-corrected chi connectivity index (χ3v) is 7.01. The minimum absolute atomic E-state index is 0.133. The first-order valence-electron chi connectivity index (χ1n) is 11.7. The summed E-state index contributed by atoms with van der Waals surface area (Å²) in [5, 5.41) is 2.96. The highest BCUT2D eigenvalue weighted by Crippen LogP contribution is 2.48. The summed E-state index contributed by atoms with van der Waals surface area (Å²) in [7, 11) is -2.94. The van der Waals surface area contributed by atoms with E-state index >= 15 is 0 Å². The molecule has 0 aliphatic heterocycles. The Hall–Kier alpha value is -0.380. The van der Waals surface area contributed by atoms with Gasteiger partial charge in [0.25, 0.3) is 0 Å². The molecule has 1 amide bonds. The van der Waals surface area contributed by atoms with Crippen LogP contribution in [-0.4, -0.2) is 31.8 Å². The quantitative estimate of drug-likeness (QED) is 0.163. The molecular weight excluding hydrogens is 373 g/mol. The van der Waals surface area contributed by atoms with Crippen molar-refractivity contribution in [2.45, 2.75) is 111 Å². The molecule has 0 spiro atoms. The van der Waals surface area contributed by atoms with Gasteiger partial charge in [-0.1, -0.05) is 71.1 Å². The van der Waals surface area contributed by atoms with Crippen molar-refractivity contribution in [1.29, 1.82) is 0 Å². The molecular formula is C22H46NO4P. The zero-order valence-corrected chi connectivity index (χ0v) is 19.7. The van der Waals surface area contributed by atoms with Crippen molar-refractivity contribution in [2.24, 2.45) is 0 Å². The second kappa shape index (κ2) is 19.9. The van der Waals surface area contributed by atoms with Crippen LogP contribution in [0.25, 0.3) is 0 Å². The van der Waals surface area contributed by atoms with Crippen molar-refractivity contribution >= 4 is 13.5 Å². The first-order valence-corrected chi connectivity index (χ1v) is 13.5. The largest absolute Gasteiger partial charge is 0.356 e. The molecule has 168 valence electrons. The third-order valence-electron chi connectivity index (χ3n) is 4.84. The van der Waals surface area contributed by atoms with Gasteiger partial charge in [0, 0.05) is 13.0 Å². The van der Waals surface area contributed by atoms with Gasteiger partial charge in [-0.3, -0.25) is 9.36 Å². The van der Waals surface area contributed by atoms with Crippen LogP contribution >= 0.6 is 7.60 Å². The average Bonchev–Trinajstić information content (AvgIpc) is 2.66. The molecule has 5 nitrogen and oxygen atoms in total. The molecule has 0 bridgehead atoms. The predicted octanol–water partition coefficient (Wildman–Crippen LogP) is 6.85. The molecule has 28 heavy (non-hydrogen) atoms. The summed E-state index contributed by atoms with van der Waals surface area (Å²) in [6, 6.07) is 0. The maximum Gasteiger partial charge on any atom is 0.330 e. The van der Waals surface area contributed by atoms with Crippen LogP contribution in [-0.2, 0) is 18.4 Å². The fraction of sp³-hybridized carbons (Fsp3) is 0.955. The van der Waals surface area contributed by atoms with Crippen molar-refractivity contribution < 1.29 is 18.4 Å². The molecule has 0 radical (unpaired) electrons. The summed E-state index contributed by atoms with van der Waals surface area (Å²) in [6.07, 6.45) is 16.8. The second-order valence-electron chi connectivity index (χ2n) is 7.51. The lowest BCUT2D eigenvalue weighted by Gasteiger charge is -2.16. The van der Waals surface area contributed by atoms with E-state index in [-0.39, 0.29) is 5.91 Å². The number of hydrogen-bond donors (Lipinski definition) is 1. The molecule has 0 fully saturated rings. The molecule has 0 aliphatic carbocycles. The van der Waals surface area contributed by atoms with Gasteiger partial charge in [-0.05, 0) is 33.1 Å². The SMILES string of the molecule is CCCCCCCCCCCCCC(=O)NCCCCP(=O)(OCC)OCC. The molecule has 0 saturated carbocycles. The molecule has 0 aromatic carbocycles. The number of unbranched alkanes of at least 4 members (excludes halogenated alkanes) is 11. The van der Waals surface area contributed by atoms with Crippen LogP contribution in [0, 0.1) is 0 Å². The van der Waals surface area contributed by atoms with E-state index in [2.05, 4.69) is 12.2 Å². The zero-order chi connectivity index (χ0) is 20.9. The first kappa shape index (κ1) is 27.6. The van der Waals surface area contributed by atoms with Gasteiger partial charge in [-0.25, -0.2) is 0 Å². The Labute approximate surface area is 174 Å². The monoisotopic (exact) mass is 419 g/mol. The molecule has 1 N–H and O–H groups in total. The van der Waals surface area contributed by atoms with Crippen molar-refractivity contribution in [3.8, 4) is 0 Å². The van der Waals surface area contributed by atoms with Gasteiger partial charge in [0.05, 0.1) is 19.4 Å². The fourth-order valence-corrected chi connectivity index (χ4v) is 4.99. The number of nitrogens with one attached hydrogen (secondary N) is 1. The second-order valence-corrected chi connectivity index (χ2v) is 9.70. The highest BCUT2D eigenvalue weighted by atomic mass is 31.2. The normalized spacial score (nSPS) is 11.7. The van der Waals surface area contributed by atoms with Crippen molar-refractivity contribution in [1.82, 2.24) is 5.32 Å². The van der Waals surface area contributed by atoms with E-state index in [0.717, 1.165) is 25.7 Å². The van der Waals surface area contributed by atoms with Crippen molar-refractivity contribution in [2.75, 3.05) is 25.9 Å². The number of carbonyl (C=O) groups is 1. The number of hydrogen-bond acceptors (Lipinski definition) is 4. The highest BCUT2D eigenvalue weighted by molar-refractivity contribution is 7.53. The van der Waals surface area contributed by atoms with Gasteiger partial charge in [0.15, 0.2) is 0 Å². The van der Waals surface area contributed by atoms with Crippen LogP contribution in [0.4, 0.5) is 0 Å². The van der Waals surface area contributed by atoms with E-state index in [1.165, 1.54) is 57.8 Å². The molecule has 6 heteroatoms. The van der Waals surface area contributed by atoms with E-state index in [4.69, 9.17) is 9.05 Å². The Kier molecular flexibility index (Phi) is 19.6. The smallest absolute Gasteiger partial charge is 0.330 e. The number of carbonyl (C=O) groups excluding carboxylic acids is 1. The molecule has 0 unspecified atom stereocenters. The maximum atomic E-state index is 12.3. The number of amides is 1. The summed E-state index contributed by atoms with van der Waals surface area (Å²) in [4.78, 5) is 11.9. The van der Waals surface area contributed by atoms with Gasteiger partial charge in [-0.2, -0.15) is 0 Å². The van der Waals surface area contributed by atoms with E-state index in [1.807, 2.05) is 13.8 Å². The molecule has 0 rings (SSSR count). The Balaban J connectivity index is 3.45. The molecule has 0 saturated heterocycles. The molecule has 0 heterocycles. The maximum absolute atomic E-state index is 12.3. The van der Waals surface area contributed by atoms with Crippen molar-refractivity contribution in [3.05, 3.63) is 0 Å². The van der Waals surface area contributed by atoms with Gasteiger partial charge >= 0.3 is 7.60 Å². The van der Waals surface area contributed by atoms with Crippen molar-refractivity contribution in [3.63, 3.8) is 0 Å². The van der Waals surface area contributed by atoms with E-state index in [1.54, 1.807) is 0 Å². The lowest BCUT2D eigenvalue weighted by atomic mass is 10.1. The molecule has 0 aromatic heterocycles. The van der Waals surface area contributed by atoms with E-state index in [0.29, 0.717) is 32.3 Å². The topological polar surface area (TPSA) is 64.6 Å². The molecule has 0 atom stereocenters. The predicted molar refractivity (Wildman–Crippen MR) is 119 cm³/mol. The highest BCUT2D eigenvalue weighted by Gasteiger charge is 2.22. The lowest BCUT2D eigenvalue weighted by molar-refractivity contribution is -0.121. The zero-order valence-electron chi connectivity index (χ0n) is 18.8. The lowest BCUT2D eigenvalue weighted by Crippen LogP contribution is -2.24.